The van der Waals surface area contributed by atoms with Gasteiger partial charge in [0.15, 0.2) is 0 Å². The molecule has 3 N–H and O–H groups in total. The topological polar surface area (TPSA) is 99.3 Å². The van der Waals surface area contributed by atoms with E-state index in [9.17, 15) is 14.4 Å². The number of rotatable bonds is 3. The van der Waals surface area contributed by atoms with Gasteiger partial charge in [-0.3, -0.25) is 9.59 Å². The molecule has 0 bridgehead atoms. The number of carbonyl (C=O) groups excluding carboxylic acids is 1. The fourth-order valence-electron chi connectivity index (χ4n) is 1.57. The van der Waals surface area contributed by atoms with Gasteiger partial charge in [0.05, 0.1) is 5.56 Å². The molecule has 0 aliphatic carbocycles. The average molecular weight is 293 g/mol. The number of carbonyl (C=O) groups is 2. The molecule has 102 valence electrons. The first-order valence-corrected chi connectivity index (χ1v) is 5.87. The maximum atomic E-state index is 11.9. The Hall–Kier alpha value is -2.60. The van der Waals surface area contributed by atoms with E-state index in [0.717, 1.165) is 6.07 Å². The minimum Gasteiger partial charge on any atom is -0.478 e. The van der Waals surface area contributed by atoms with Gasteiger partial charge in [-0.05, 0) is 24.3 Å². The van der Waals surface area contributed by atoms with Gasteiger partial charge in [0, 0.05) is 28.5 Å². The molecule has 0 saturated heterocycles. The summed E-state index contributed by atoms with van der Waals surface area (Å²) in [5.74, 6) is -1.69. The van der Waals surface area contributed by atoms with Crippen molar-refractivity contribution in [2.24, 2.45) is 0 Å². The lowest BCUT2D eigenvalue weighted by Gasteiger charge is -2.06. The minimum atomic E-state index is -1.15. The van der Waals surface area contributed by atoms with Gasteiger partial charge in [-0.2, -0.15) is 0 Å². The Morgan fingerprint density at radius 1 is 1.15 bits per heavy atom. The van der Waals surface area contributed by atoms with E-state index >= 15 is 0 Å². The van der Waals surface area contributed by atoms with Gasteiger partial charge < -0.3 is 15.4 Å². The Balaban J connectivity index is 2.28. The van der Waals surface area contributed by atoms with Crippen molar-refractivity contribution in [3.63, 3.8) is 0 Å². The maximum Gasteiger partial charge on any atom is 0.335 e. The molecule has 1 heterocycles. The Kier molecular flexibility index (Phi) is 3.86. The molecule has 0 aliphatic heterocycles. The second-order valence-electron chi connectivity index (χ2n) is 3.93. The summed E-state index contributed by atoms with van der Waals surface area (Å²) in [6.07, 6.45) is 1.35. The number of halogens is 1. The molecule has 0 spiro atoms. The molecular formula is C13H9ClN2O4. The minimum absolute atomic E-state index is 0.0429. The van der Waals surface area contributed by atoms with Crippen LogP contribution in [0.15, 0.2) is 41.3 Å². The molecule has 7 heteroatoms. The van der Waals surface area contributed by atoms with Gasteiger partial charge in [0.2, 0.25) is 5.56 Å². The van der Waals surface area contributed by atoms with Crippen LogP contribution < -0.4 is 10.9 Å². The van der Waals surface area contributed by atoms with Crippen LogP contribution in [0.1, 0.15) is 20.7 Å². The second kappa shape index (κ2) is 5.58. The molecule has 0 fully saturated rings. The Morgan fingerprint density at radius 3 is 2.55 bits per heavy atom. The highest BCUT2D eigenvalue weighted by atomic mass is 35.5. The molecule has 2 aromatic rings. The lowest BCUT2D eigenvalue weighted by molar-refractivity contribution is 0.0696. The largest absolute Gasteiger partial charge is 0.478 e. The first-order valence-electron chi connectivity index (χ1n) is 5.50. The summed E-state index contributed by atoms with van der Waals surface area (Å²) in [5, 5.41) is 11.6. The summed E-state index contributed by atoms with van der Waals surface area (Å²) in [4.78, 5) is 36.3. The van der Waals surface area contributed by atoms with Crippen molar-refractivity contribution in [1.82, 2.24) is 4.98 Å². The van der Waals surface area contributed by atoms with E-state index in [-0.39, 0.29) is 21.8 Å². The number of nitrogens with one attached hydrogen (secondary N) is 2. The fraction of sp³-hybridized carbons (Fsp3) is 0. The van der Waals surface area contributed by atoms with E-state index in [1.54, 1.807) is 0 Å². The molecule has 2 rings (SSSR count). The summed E-state index contributed by atoms with van der Waals surface area (Å²) in [5.41, 5.74) is -0.0561. The fourth-order valence-corrected chi connectivity index (χ4v) is 1.81. The molecule has 6 nitrogen and oxygen atoms in total. The van der Waals surface area contributed by atoms with E-state index < -0.39 is 17.4 Å². The number of hydrogen-bond donors (Lipinski definition) is 3. The van der Waals surface area contributed by atoms with Crippen LogP contribution in [-0.2, 0) is 0 Å². The van der Waals surface area contributed by atoms with E-state index in [2.05, 4.69) is 10.3 Å². The number of aromatic carboxylic acids is 1. The first kappa shape index (κ1) is 13.8. The zero-order valence-electron chi connectivity index (χ0n) is 10.0. The number of benzene rings is 1. The van der Waals surface area contributed by atoms with Crippen molar-refractivity contribution in [3.8, 4) is 0 Å². The van der Waals surface area contributed by atoms with Crippen LogP contribution in [-0.4, -0.2) is 22.0 Å². The van der Waals surface area contributed by atoms with Crippen LogP contribution in [0.4, 0.5) is 5.69 Å². The van der Waals surface area contributed by atoms with Gasteiger partial charge in [-0.15, -0.1) is 0 Å². The third kappa shape index (κ3) is 3.24. The van der Waals surface area contributed by atoms with Gasteiger partial charge in [0.1, 0.15) is 0 Å². The standard InChI is InChI=1S/C13H9ClN2O4/c14-9-3-8(13(19)20)4-10(6-9)16-12(18)7-1-2-15-11(17)5-7/h1-6H,(H,15,17)(H,16,18)(H,19,20). The Bertz CT molecular complexity index is 739. The zero-order chi connectivity index (χ0) is 14.7. The number of carboxylic acid groups (broad SMARTS) is 1. The molecule has 1 aromatic heterocycles. The number of carboxylic acids is 1. The molecule has 0 radical (unpaired) electrons. The quantitative estimate of drug-likeness (QED) is 0.805. The van der Waals surface area contributed by atoms with Crippen LogP contribution in [0.5, 0.6) is 0 Å². The van der Waals surface area contributed by atoms with Crippen LogP contribution in [0.25, 0.3) is 0 Å². The molecule has 0 atom stereocenters. The molecule has 0 aliphatic rings. The number of aromatic nitrogens is 1. The molecule has 1 aromatic carbocycles. The number of aromatic amines is 1. The number of H-pyrrole nitrogens is 1. The lowest BCUT2D eigenvalue weighted by Crippen LogP contribution is -2.15. The highest BCUT2D eigenvalue weighted by Crippen LogP contribution is 2.19. The summed E-state index contributed by atoms with van der Waals surface area (Å²) in [6, 6.07) is 6.53. The number of hydrogen-bond acceptors (Lipinski definition) is 3. The molecular weight excluding hydrogens is 284 g/mol. The van der Waals surface area contributed by atoms with Crippen molar-refractivity contribution in [3.05, 3.63) is 63.0 Å². The molecule has 0 saturated carbocycles. The van der Waals surface area contributed by atoms with Crippen LogP contribution in [0, 0.1) is 0 Å². The normalized spacial score (nSPS) is 10.1. The van der Waals surface area contributed by atoms with Crippen molar-refractivity contribution >= 4 is 29.2 Å². The second-order valence-corrected chi connectivity index (χ2v) is 4.37. The van der Waals surface area contributed by atoms with Crippen LogP contribution >= 0.6 is 11.6 Å². The predicted octanol–water partition coefficient (Wildman–Crippen LogP) is 1.98. The predicted molar refractivity (Wildman–Crippen MR) is 73.4 cm³/mol. The molecule has 1 amide bonds. The summed E-state index contributed by atoms with van der Waals surface area (Å²) in [6.45, 7) is 0. The van der Waals surface area contributed by atoms with Gasteiger partial charge in [-0.1, -0.05) is 11.6 Å². The highest BCUT2D eigenvalue weighted by molar-refractivity contribution is 6.31. The average Bonchev–Trinajstić information content (AvgIpc) is 2.37. The molecule has 20 heavy (non-hydrogen) atoms. The Labute approximate surface area is 118 Å². The van der Waals surface area contributed by atoms with E-state index in [1.807, 2.05) is 0 Å². The summed E-state index contributed by atoms with van der Waals surface area (Å²) >= 11 is 5.78. The van der Waals surface area contributed by atoms with Crippen LogP contribution in [0.3, 0.4) is 0 Å². The van der Waals surface area contributed by atoms with Crippen molar-refractivity contribution < 1.29 is 14.7 Å². The number of amides is 1. The summed E-state index contributed by atoms with van der Waals surface area (Å²) in [7, 11) is 0. The number of pyridine rings is 1. The summed E-state index contributed by atoms with van der Waals surface area (Å²) < 4.78 is 0. The van der Waals surface area contributed by atoms with E-state index in [1.165, 1.54) is 30.5 Å². The van der Waals surface area contributed by atoms with E-state index in [0.29, 0.717) is 0 Å². The van der Waals surface area contributed by atoms with Crippen molar-refractivity contribution in [2.45, 2.75) is 0 Å². The van der Waals surface area contributed by atoms with Crippen molar-refractivity contribution in [2.75, 3.05) is 5.32 Å². The van der Waals surface area contributed by atoms with Gasteiger partial charge in [-0.25, -0.2) is 4.79 Å². The third-order valence-electron chi connectivity index (χ3n) is 2.44. The zero-order valence-corrected chi connectivity index (χ0v) is 10.8. The maximum absolute atomic E-state index is 11.9. The van der Waals surface area contributed by atoms with Gasteiger partial charge >= 0.3 is 5.97 Å². The Morgan fingerprint density at radius 2 is 1.90 bits per heavy atom. The smallest absolute Gasteiger partial charge is 0.335 e. The highest BCUT2D eigenvalue weighted by Gasteiger charge is 2.10. The monoisotopic (exact) mass is 292 g/mol. The first-order chi connectivity index (χ1) is 9.45. The third-order valence-corrected chi connectivity index (χ3v) is 2.66. The SMILES string of the molecule is O=C(O)c1cc(Cl)cc(NC(=O)c2cc[nH]c(=O)c2)c1. The molecule has 0 unspecified atom stereocenters. The van der Waals surface area contributed by atoms with Crippen molar-refractivity contribution in [1.29, 1.82) is 0 Å². The van der Waals surface area contributed by atoms with Crippen LogP contribution in [0.2, 0.25) is 5.02 Å². The van der Waals surface area contributed by atoms with E-state index in [4.69, 9.17) is 16.7 Å². The lowest BCUT2D eigenvalue weighted by atomic mass is 10.2. The van der Waals surface area contributed by atoms with Gasteiger partial charge in [0.25, 0.3) is 5.91 Å². The number of anilines is 1.